The number of hydrogen-bond acceptors (Lipinski definition) is 2. The number of nitrogens with zero attached hydrogens (tertiary/aromatic N) is 1. The summed E-state index contributed by atoms with van der Waals surface area (Å²) in [5.74, 6) is 0. The Morgan fingerprint density at radius 2 is 1.77 bits per heavy atom. The fourth-order valence-electron chi connectivity index (χ4n) is 2.10. The third-order valence-electron chi connectivity index (χ3n) is 3.25. The number of nitrogens with one attached hydrogen (secondary N) is 2. The van der Waals surface area contributed by atoms with Crippen molar-refractivity contribution in [2.45, 2.75) is 0 Å². The van der Waals surface area contributed by atoms with Crippen LogP contribution in [-0.2, 0) is 0 Å². The maximum absolute atomic E-state index is 5.54. The molecule has 3 aromatic rings. The Morgan fingerprint density at radius 1 is 1.09 bits per heavy atom. The van der Waals surface area contributed by atoms with E-state index in [0.717, 1.165) is 26.4 Å². The maximum Gasteiger partial charge on any atom is 0.136 e. The van der Waals surface area contributed by atoms with Crippen LogP contribution in [0.2, 0.25) is 0 Å². The molecule has 0 bridgehead atoms. The molecule has 0 saturated carbocycles. The number of H-pyrrole nitrogens is 1. The van der Waals surface area contributed by atoms with Gasteiger partial charge >= 0.3 is 0 Å². The number of hydrogen-bond donors (Lipinski definition) is 2. The van der Waals surface area contributed by atoms with Crippen LogP contribution < -0.4 is 15.9 Å². The molecule has 1 heterocycles. The maximum atomic E-state index is 5.54. The Bertz CT molecular complexity index is 940. The van der Waals surface area contributed by atoms with Gasteiger partial charge in [-0.15, -0.1) is 0 Å². The average molecular weight is 372 g/mol. The molecule has 2 aromatic carbocycles. The molecule has 0 aliphatic carbocycles. The van der Waals surface area contributed by atoms with Crippen LogP contribution in [0.3, 0.4) is 0 Å². The number of benzene rings is 2. The van der Waals surface area contributed by atoms with E-state index in [-0.39, 0.29) is 0 Å². The van der Waals surface area contributed by atoms with Crippen molar-refractivity contribution < 1.29 is 0 Å². The molecule has 0 amide bonds. The summed E-state index contributed by atoms with van der Waals surface area (Å²) >= 11 is 8.96. The van der Waals surface area contributed by atoms with E-state index < -0.39 is 0 Å². The van der Waals surface area contributed by atoms with Gasteiger partial charge in [-0.1, -0.05) is 52.9 Å². The first-order valence-electron chi connectivity index (χ1n) is 6.73. The summed E-state index contributed by atoms with van der Waals surface area (Å²) in [5, 5.41) is 8.10. The van der Waals surface area contributed by atoms with Gasteiger partial charge in [0, 0.05) is 16.4 Å². The predicted molar refractivity (Wildman–Crippen MR) is 98.0 cm³/mol. The lowest BCUT2D eigenvalue weighted by Crippen LogP contribution is -2.22. The third kappa shape index (κ3) is 3.05. The highest BCUT2D eigenvalue weighted by Crippen LogP contribution is 2.13. The summed E-state index contributed by atoms with van der Waals surface area (Å²) in [6.07, 6.45) is 1.88. The summed E-state index contributed by atoms with van der Waals surface area (Å²) in [7, 11) is 0. The monoisotopic (exact) mass is 371 g/mol. The second-order valence-electron chi connectivity index (χ2n) is 4.78. The summed E-state index contributed by atoms with van der Waals surface area (Å²) < 4.78 is 3.59. The minimum atomic E-state index is 0.695. The molecule has 5 heteroatoms. The van der Waals surface area contributed by atoms with E-state index in [1.54, 1.807) is 0 Å². The van der Waals surface area contributed by atoms with Crippen molar-refractivity contribution in [1.29, 1.82) is 0 Å². The lowest BCUT2D eigenvalue weighted by atomic mass is 10.3. The standard InChI is InChI=1S/C17H14BrN3S/c1-12-16(11-19-14-9-7-13(18)8-10-14)17(22)21(20-12)15-5-3-2-4-6-15/h2-11,19-20H,1H2/b16-11-. The first-order valence-corrected chi connectivity index (χ1v) is 7.93. The van der Waals surface area contributed by atoms with Gasteiger partial charge in [0.2, 0.25) is 0 Å². The Labute approximate surface area is 141 Å². The Hall–Kier alpha value is -2.11. The molecule has 0 atom stereocenters. The molecule has 0 spiro atoms. The van der Waals surface area contributed by atoms with Crippen molar-refractivity contribution in [1.82, 2.24) is 9.78 Å². The first kappa shape index (κ1) is 14.8. The van der Waals surface area contributed by atoms with E-state index in [9.17, 15) is 0 Å². The molecule has 110 valence electrons. The third-order valence-corrected chi connectivity index (χ3v) is 4.18. The van der Waals surface area contributed by atoms with Gasteiger partial charge in [0.25, 0.3) is 0 Å². The van der Waals surface area contributed by atoms with E-state index in [4.69, 9.17) is 12.2 Å². The van der Waals surface area contributed by atoms with E-state index in [1.165, 1.54) is 0 Å². The molecule has 0 aliphatic rings. The minimum Gasteiger partial charge on any atom is -0.361 e. The summed E-state index contributed by atoms with van der Waals surface area (Å²) in [6, 6.07) is 17.9. The van der Waals surface area contributed by atoms with Gasteiger partial charge < -0.3 is 5.32 Å². The Kier molecular flexibility index (Phi) is 4.27. The molecule has 0 aliphatic heterocycles. The highest BCUT2D eigenvalue weighted by Gasteiger charge is 2.00. The number of rotatable bonds is 3. The van der Waals surface area contributed by atoms with Gasteiger partial charge in [0.15, 0.2) is 0 Å². The van der Waals surface area contributed by atoms with Crippen molar-refractivity contribution in [3.05, 3.63) is 74.3 Å². The summed E-state index contributed by atoms with van der Waals surface area (Å²) in [5.41, 5.74) is 1.98. The molecule has 0 saturated heterocycles. The van der Waals surface area contributed by atoms with Crippen LogP contribution in [0.1, 0.15) is 0 Å². The smallest absolute Gasteiger partial charge is 0.136 e. The molecular formula is C17H14BrN3S. The molecule has 0 fully saturated rings. The van der Waals surface area contributed by atoms with Crippen LogP contribution in [0.4, 0.5) is 5.69 Å². The van der Waals surface area contributed by atoms with Crippen LogP contribution in [0.25, 0.3) is 18.5 Å². The van der Waals surface area contributed by atoms with Gasteiger partial charge in [-0.2, -0.15) is 0 Å². The summed E-state index contributed by atoms with van der Waals surface area (Å²) in [4.78, 5) is 0. The lowest BCUT2D eigenvalue weighted by molar-refractivity contribution is 0.857. The topological polar surface area (TPSA) is 32.8 Å². The van der Waals surface area contributed by atoms with Gasteiger partial charge in [0.05, 0.1) is 16.3 Å². The highest BCUT2D eigenvalue weighted by molar-refractivity contribution is 9.10. The minimum absolute atomic E-state index is 0.695. The normalized spacial score (nSPS) is 11.6. The number of aromatic nitrogens is 2. The van der Waals surface area contributed by atoms with Crippen molar-refractivity contribution in [3.63, 3.8) is 0 Å². The summed E-state index contributed by atoms with van der Waals surface area (Å²) in [6.45, 7) is 4.03. The molecule has 0 unspecified atom stereocenters. The fourth-order valence-corrected chi connectivity index (χ4v) is 2.70. The van der Waals surface area contributed by atoms with E-state index >= 15 is 0 Å². The van der Waals surface area contributed by atoms with Crippen molar-refractivity contribution in [2.75, 3.05) is 5.32 Å². The fraction of sp³-hybridized carbons (Fsp3) is 0. The molecule has 3 rings (SSSR count). The SMILES string of the molecule is C=c1[nH]n(-c2ccccc2)c(=S)/c1=C\Nc1ccc(Br)cc1. The van der Waals surface area contributed by atoms with E-state index in [1.807, 2.05) is 65.5 Å². The van der Waals surface area contributed by atoms with Crippen LogP contribution in [-0.4, -0.2) is 9.78 Å². The van der Waals surface area contributed by atoms with Crippen molar-refractivity contribution in [2.24, 2.45) is 0 Å². The number of anilines is 1. The zero-order valence-electron chi connectivity index (χ0n) is 11.7. The van der Waals surface area contributed by atoms with Crippen molar-refractivity contribution in [3.8, 4) is 5.69 Å². The Balaban J connectivity index is 2.00. The molecular weight excluding hydrogens is 358 g/mol. The number of halogens is 1. The molecule has 1 aromatic heterocycles. The van der Waals surface area contributed by atoms with E-state index in [2.05, 4.69) is 32.9 Å². The Morgan fingerprint density at radius 3 is 2.45 bits per heavy atom. The second kappa shape index (κ2) is 6.34. The van der Waals surface area contributed by atoms with Crippen LogP contribution in [0, 0.1) is 4.64 Å². The first-order chi connectivity index (χ1) is 10.6. The lowest BCUT2D eigenvalue weighted by Gasteiger charge is -2.01. The van der Waals surface area contributed by atoms with Gasteiger partial charge in [-0.05, 0) is 36.4 Å². The molecule has 0 radical (unpaired) electrons. The zero-order valence-corrected chi connectivity index (χ0v) is 14.1. The number of para-hydroxylation sites is 1. The van der Waals surface area contributed by atoms with Crippen LogP contribution >= 0.6 is 28.1 Å². The predicted octanol–water partition coefficient (Wildman–Crippen LogP) is 3.56. The zero-order chi connectivity index (χ0) is 15.5. The van der Waals surface area contributed by atoms with Crippen molar-refractivity contribution >= 4 is 46.6 Å². The van der Waals surface area contributed by atoms with Gasteiger partial charge in [0.1, 0.15) is 4.64 Å². The highest BCUT2D eigenvalue weighted by atomic mass is 79.9. The van der Waals surface area contributed by atoms with E-state index in [0.29, 0.717) is 4.64 Å². The molecule has 2 N–H and O–H groups in total. The number of aromatic amines is 1. The molecule has 3 nitrogen and oxygen atoms in total. The quantitative estimate of drug-likeness (QED) is 0.690. The van der Waals surface area contributed by atoms with Crippen LogP contribution in [0.15, 0.2) is 59.1 Å². The second-order valence-corrected chi connectivity index (χ2v) is 6.08. The van der Waals surface area contributed by atoms with Gasteiger partial charge in [-0.3, -0.25) is 5.10 Å². The van der Waals surface area contributed by atoms with Crippen LogP contribution in [0.5, 0.6) is 0 Å². The average Bonchev–Trinajstić information content (AvgIpc) is 2.82. The molecule has 22 heavy (non-hydrogen) atoms. The largest absolute Gasteiger partial charge is 0.361 e. The van der Waals surface area contributed by atoms with Gasteiger partial charge in [-0.25, -0.2) is 4.68 Å².